The lowest BCUT2D eigenvalue weighted by Crippen LogP contribution is -2.58. The Balaban J connectivity index is 1.61. The second kappa shape index (κ2) is 9.90. The monoisotopic (exact) mass is 364 g/mol. The first-order valence-corrected chi connectivity index (χ1v) is 9.29. The van der Waals surface area contributed by atoms with Gasteiger partial charge in [0, 0.05) is 25.2 Å². The van der Waals surface area contributed by atoms with Crippen molar-refractivity contribution in [1.29, 1.82) is 0 Å². The van der Waals surface area contributed by atoms with Crippen LogP contribution in [-0.4, -0.2) is 68.0 Å². The van der Waals surface area contributed by atoms with Crippen LogP contribution < -0.4 is 10.1 Å². The lowest BCUT2D eigenvalue weighted by molar-refractivity contribution is -0.127. The van der Waals surface area contributed by atoms with Gasteiger partial charge < -0.3 is 19.5 Å². The highest BCUT2D eigenvalue weighted by molar-refractivity contribution is 5.77. The first kappa shape index (κ1) is 20.7. The molecule has 1 fully saturated rings. The third-order valence-electron chi connectivity index (χ3n) is 4.47. The minimum absolute atomic E-state index is 0.0458. The number of carbonyl (C=O) groups is 1. The van der Waals surface area contributed by atoms with Crippen LogP contribution in [0, 0.1) is 0 Å². The molecular formula is C20H32N2O4. The summed E-state index contributed by atoms with van der Waals surface area (Å²) in [4.78, 5) is 14.4. The molecule has 0 radical (unpaired) electrons. The van der Waals surface area contributed by atoms with E-state index in [-0.39, 0.29) is 30.3 Å². The van der Waals surface area contributed by atoms with E-state index in [4.69, 9.17) is 14.2 Å². The SMILES string of the molecule is C[C@@H]1CN(C(C)(C)CNC(=O)COCCOc2ccccc2)C[C@H](C)O1. The van der Waals surface area contributed by atoms with Crippen molar-refractivity contribution in [3.8, 4) is 5.75 Å². The molecule has 0 saturated carbocycles. The molecule has 0 unspecified atom stereocenters. The molecule has 1 aliphatic heterocycles. The normalized spacial score (nSPS) is 21.4. The largest absolute Gasteiger partial charge is 0.491 e. The van der Waals surface area contributed by atoms with E-state index in [1.807, 2.05) is 30.3 Å². The Labute approximate surface area is 156 Å². The standard InChI is InChI=1S/C20H32N2O4/c1-16-12-22(13-17(2)26-16)20(3,4)15-21-19(23)14-24-10-11-25-18-8-6-5-7-9-18/h5-9,16-17H,10-15H2,1-4H3,(H,21,23)/t16-,17+. The van der Waals surface area contributed by atoms with Gasteiger partial charge in [0.1, 0.15) is 19.0 Å². The van der Waals surface area contributed by atoms with Crippen molar-refractivity contribution in [1.82, 2.24) is 10.2 Å². The van der Waals surface area contributed by atoms with Gasteiger partial charge in [-0.3, -0.25) is 9.69 Å². The predicted octanol–water partition coefficient (Wildman–Crippen LogP) is 2.09. The summed E-state index contributed by atoms with van der Waals surface area (Å²) in [5, 5.41) is 2.97. The fraction of sp³-hybridized carbons (Fsp3) is 0.650. The first-order chi connectivity index (χ1) is 12.4. The summed E-state index contributed by atoms with van der Waals surface area (Å²) in [6.07, 6.45) is 0.420. The van der Waals surface area contributed by atoms with Gasteiger partial charge in [-0.15, -0.1) is 0 Å². The Hall–Kier alpha value is -1.63. The molecule has 6 heteroatoms. The van der Waals surface area contributed by atoms with Gasteiger partial charge in [0.05, 0.1) is 18.8 Å². The van der Waals surface area contributed by atoms with E-state index < -0.39 is 0 Å². The highest BCUT2D eigenvalue weighted by Crippen LogP contribution is 2.20. The molecule has 0 aliphatic carbocycles. The predicted molar refractivity (Wildman–Crippen MR) is 101 cm³/mol. The molecule has 1 aromatic carbocycles. The zero-order chi connectivity index (χ0) is 19.0. The van der Waals surface area contributed by atoms with Crippen molar-refractivity contribution >= 4 is 5.91 Å². The minimum Gasteiger partial charge on any atom is -0.491 e. The van der Waals surface area contributed by atoms with Crippen molar-refractivity contribution in [2.24, 2.45) is 0 Å². The number of ether oxygens (including phenoxy) is 3. The van der Waals surface area contributed by atoms with E-state index in [2.05, 4.69) is 37.9 Å². The molecule has 1 aromatic rings. The number of para-hydroxylation sites is 1. The quantitative estimate of drug-likeness (QED) is 0.680. The molecule has 0 bridgehead atoms. The molecule has 1 N–H and O–H groups in total. The minimum atomic E-state index is -0.127. The summed E-state index contributed by atoms with van der Waals surface area (Å²) >= 11 is 0. The second-order valence-electron chi connectivity index (χ2n) is 7.47. The molecule has 2 atom stereocenters. The molecule has 0 aromatic heterocycles. The van der Waals surface area contributed by atoms with E-state index in [9.17, 15) is 4.79 Å². The summed E-state index contributed by atoms with van der Waals surface area (Å²) in [6.45, 7) is 11.6. The highest BCUT2D eigenvalue weighted by Gasteiger charge is 2.33. The maximum atomic E-state index is 12.0. The van der Waals surface area contributed by atoms with Crippen LogP contribution in [0.3, 0.4) is 0 Å². The highest BCUT2D eigenvalue weighted by atomic mass is 16.5. The van der Waals surface area contributed by atoms with Crippen molar-refractivity contribution in [2.75, 3.05) is 39.5 Å². The maximum absolute atomic E-state index is 12.0. The number of benzene rings is 1. The third-order valence-corrected chi connectivity index (χ3v) is 4.47. The van der Waals surface area contributed by atoms with Crippen molar-refractivity contribution < 1.29 is 19.0 Å². The van der Waals surface area contributed by atoms with E-state index >= 15 is 0 Å². The van der Waals surface area contributed by atoms with Gasteiger partial charge in [0.15, 0.2) is 0 Å². The van der Waals surface area contributed by atoms with E-state index in [1.165, 1.54) is 0 Å². The van der Waals surface area contributed by atoms with Gasteiger partial charge in [-0.1, -0.05) is 18.2 Å². The third kappa shape index (κ3) is 6.94. The van der Waals surface area contributed by atoms with Crippen LogP contribution in [0.4, 0.5) is 0 Å². The number of hydrogen-bond donors (Lipinski definition) is 1. The van der Waals surface area contributed by atoms with Crippen molar-refractivity contribution in [2.45, 2.75) is 45.4 Å². The zero-order valence-electron chi connectivity index (χ0n) is 16.4. The smallest absolute Gasteiger partial charge is 0.246 e. The number of carbonyl (C=O) groups excluding carboxylic acids is 1. The van der Waals surface area contributed by atoms with E-state index in [0.29, 0.717) is 19.8 Å². The van der Waals surface area contributed by atoms with Gasteiger partial charge in [0.25, 0.3) is 0 Å². The molecule has 6 nitrogen and oxygen atoms in total. The Morgan fingerprint density at radius 1 is 1.19 bits per heavy atom. The van der Waals surface area contributed by atoms with Crippen LogP contribution in [0.15, 0.2) is 30.3 Å². The van der Waals surface area contributed by atoms with Crippen LogP contribution in [0.1, 0.15) is 27.7 Å². The Morgan fingerprint density at radius 3 is 2.50 bits per heavy atom. The second-order valence-corrected chi connectivity index (χ2v) is 7.47. The molecule has 1 aliphatic rings. The Morgan fingerprint density at radius 2 is 1.85 bits per heavy atom. The number of nitrogens with one attached hydrogen (secondary N) is 1. The van der Waals surface area contributed by atoms with E-state index in [1.54, 1.807) is 0 Å². The summed E-state index contributed by atoms with van der Waals surface area (Å²) in [6, 6.07) is 9.56. The number of hydrogen-bond acceptors (Lipinski definition) is 5. The van der Waals surface area contributed by atoms with Crippen LogP contribution in [0.5, 0.6) is 5.75 Å². The fourth-order valence-electron chi connectivity index (χ4n) is 3.05. The molecule has 146 valence electrons. The van der Waals surface area contributed by atoms with Crippen LogP contribution in [0.25, 0.3) is 0 Å². The molecule has 1 amide bonds. The van der Waals surface area contributed by atoms with Gasteiger partial charge >= 0.3 is 0 Å². The van der Waals surface area contributed by atoms with Gasteiger partial charge in [0.2, 0.25) is 5.91 Å². The van der Waals surface area contributed by atoms with Crippen molar-refractivity contribution in [3.63, 3.8) is 0 Å². The summed E-state index contributed by atoms with van der Waals surface area (Å²) in [5.41, 5.74) is -0.127. The number of amides is 1. The maximum Gasteiger partial charge on any atom is 0.246 e. The molecular weight excluding hydrogens is 332 g/mol. The lowest BCUT2D eigenvalue weighted by Gasteiger charge is -2.45. The molecule has 1 heterocycles. The van der Waals surface area contributed by atoms with Crippen molar-refractivity contribution in [3.05, 3.63) is 30.3 Å². The average molecular weight is 364 g/mol. The van der Waals surface area contributed by atoms with Crippen LogP contribution in [-0.2, 0) is 14.3 Å². The fourth-order valence-corrected chi connectivity index (χ4v) is 3.05. The van der Waals surface area contributed by atoms with Gasteiger partial charge in [-0.2, -0.15) is 0 Å². The van der Waals surface area contributed by atoms with Crippen LogP contribution >= 0.6 is 0 Å². The van der Waals surface area contributed by atoms with Crippen LogP contribution in [0.2, 0.25) is 0 Å². The topological polar surface area (TPSA) is 60.0 Å². The number of morpholine rings is 1. The molecule has 1 saturated heterocycles. The summed E-state index contributed by atoms with van der Waals surface area (Å²) in [7, 11) is 0. The first-order valence-electron chi connectivity index (χ1n) is 9.29. The van der Waals surface area contributed by atoms with Gasteiger partial charge in [-0.25, -0.2) is 0 Å². The molecule has 0 spiro atoms. The summed E-state index contributed by atoms with van der Waals surface area (Å²) in [5.74, 6) is 0.698. The average Bonchev–Trinajstić information content (AvgIpc) is 2.60. The van der Waals surface area contributed by atoms with E-state index in [0.717, 1.165) is 18.8 Å². The zero-order valence-corrected chi connectivity index (χ0v) is 16.4. The molecule has 2 rings (SSSR count). The Kier molecular flexibility index (Phi) is 7.87. The molecule has 26 heavy (non-hydrogen) atoms. The van der Waals surface area contributed by atoms with Gasteiger partial charge in [-0.05, 0) is 39.8 Å². The Bertz CT molecular complexity index is 540. The summed E-state index contributed by atoms with van der Waals surface area (Å²) < 4.78 is 16.7. The number of nitrogens with zero attached hydrogens (tertiary/aromatic N) is 1. The lowest BCUT2D eigenvalue weighted by atomic mass is 10.00. The number of rotatable bonds is 9.